The number of halogens is 1. The zero-order valence-corrected chi connectivity index (χ0v) is 11.0. The number of hydrogen-bond donors (Lipinski definition) is 0. The van der Waals surface area contributed by atoms with Crippen LogP contribution < -0.4 is 9.47 Å². The molecule has 0 radical (unpaired) electrons. The van der Waals surface area contributed by atoms with Gasteiger partial charge in [-0.3, -0.25) is 0 Å². The zero-order valence-electron chi connectivity index (χ0n) is 9.42. The molecule has 0 aliphatic rings. The van der Waals surface area contributed by atoms with Crippen molar-refractivity contribution in [1.29, 1.82) is 0 Å². The van der Waals surface area contributed by atoms with Crippen LogP contribution in [0.1, 0.15) is 20.3 Å². The Labute approximate surface area is 99.7 Å². The largest absolute Gasteiger partial charge is 0.493 e. The fourth-order valence-corrected chi connectivity index (χ4v) is 1.51. The predicted octanol–water partition coefficient (Wildman–Crippen LogP) is 3.88. The van der Waals surface area contributed by atoms with Crippen molar-refractivity contribution in [1.82, 2.24) is 0 Å². The van der Waals surface area contributed by atoms with Crippen LogP contribution in [0.2, 0.25) is 0 Å². The molecule has 0 atom stereocenters. The molecule has 0 aliphatic carbocycles. The average molecular weight is 273 g/mol. The maximum atomic E-state index is 5.66. The Morgan fingerprint density at radius 3 is 2.60 bits per heavy atom. The van der Waals surface area contributed by atoms with Gasteiger partial charge in [0.15, 0.2) is 11.5 Å². The number of hydrogen-bond acceptors (Lipinski definition) is 2. The molecule has 84 valence electrons. The van der Waals surface area contributed by atoms with Crippen LogP contribution in [0.15, 0.2) is 22.7 Å². The lowest BCUT2D eigenvalue weighted by Gasteiger charge is -2.11. The summed E-state index contributed by atoms with van der Waals surface area (Å²) in [6, 6.07) is 5.77. The lowest BCUT2D eigenvalue weighted by molar-refractivity contribution is 0.273. The second-order valence-electron chi connectivity index (χ2n) is 3.83. The molecule has 1 aromatic rings. The fourth-order valence-electron chi connectivity index (χ4n) is 1.17. The van der Waals surface area contributed by atoms with E-state index < -0.39 is 0 Å². The summed E-state index contributed by atoms with van der Waals surface area (Å²) in [6.07, 6.45) is 1.05. The summed E-state index contributed by atoms with van der Waals surface area (Å²) < 4.78 is 11.9. The quantitative estimate of drug-likeness (QED) is 0.810. The molecular formula is C12H17BrO2. The minimum absolute atomic E-state index is 0.656. The lowest BCUT2D eigenvalue weighted by atomic mass is 10.1. The molecule has 1 aromatic carbocycles. The topological polar surface area (TPSA) is 18.5 Å². The highest BCUT2D eigenvalue weighted by Crippen LogP contribution is 2.30. The molecule has 0 bridgehead atoms. The van der Waals surface area contributed by atoms with Crippen molar-refractivity contribution in [2.75, 3.05) is 13.7 Å². The van der Waals surface area contributed by atoms with Crippen molar-refractivity contribution in [3.8, 4) is 11.5 Å². The summed E-state index contributed by atoms with van der Waals surface area (Å²) in [5.41, 5.74) is 0. The molecule has 0 spiro atoms. The highest BCUT2D eigenvalue weighted by atomic mass is 79.9. The minimum atomic E-state index is 0.656. The standard InChI is InChI=1S/C12H17BrO2/c1-9(2)6-7-15-12-8-10(13)4-5-11(12)14-3/h4-5,8-9H,6-7H2,1-3H3. The van der Waals surface area contributed by atoms with Gasteiger partial charge < -0.3 is 9.47 Å². The summed E-state index contributed by atoms with van der Waals surface area (Å²) in [5, 5.41) is 0. The molecule has 0 heterocycles. The van der Waals surface area contributed by atoms with E-state index in [0.29, 0.717) is 5.92 Å². The van der Waals surface area contributed by atoms with Gasteiger partial charge in [0.25, 0.3) is 0 Å². The van der Waals surface area contributed by atoms with Gasteiger partial charge in [-0.1, -0.05) is 29.8 Å². The van der Waals surface area contributed by atoms with E-state index in [9.17, 15) is 0 Å². The number of methoxy groups -OCH3 is 1. The van der Waals surface area contributed by atoms with Crippen molar-refractivity contribution in [3.05, 3.63) is 22.7 Å². The normalized spacial score (nSPS) is 10.5. The Bertz CT molecular complexity index is 310. The van der Waals surface area contributed by atoms with Crippen molar-refractivity contribution in [2.45, 2.75) is 20.3 Å². The fraction of sp³-hybridized carbons (Fsp3) is 0.500. The second-order valence-corrected chi connectivity index (χ2v) is 4.74. The molecule has 0 aromatic heterocycles. The third-order valence-corrected chi connectivity index (χ3v) is 2.57. The van der Waals surface area contributed by atoms with Gasteiger partial charge in [0.05, 0.1) is 13.7 Å². The Hall–Kier alpha value is -0.700. The zero-order chi connectivity index (χ0) is 11.3. The molecule has 3 heteroatoms. The Kier molecular flexibility index (Phi) is 4.95. The maximum Gasteiger partial charge on any atom is 0.162 e. The molecule has 0 amide bonds. The first-order valence-corrected chi connectivity index (χ1v) is 5.89. The first-order chi connectivity index (χ1) is 7.13. The maximum absolute atomic E-state index is 5.66. The molecule has 0 saturated carbocycles. The van der Waals surface area contributed by atoms with E-state index in [0.717, 1.165) is 29.0 Å². The molecule has 0 unspecified atom stereocenters. The van der Waals surface area contributed by atoms with E-state index >= 15 is 0 Å². The van der Waals surface area contributed by atoms with Crippen molar-refractivity contribution < 1.29 is 9.47 Å². The summed E-state index contributed by atoms with van der Waals surface area (Å²) >= 11 is 3.41. The summed E-state index contributed by atoms with van der Waals surface area (Å²) in [6.45, 7) is 5.09. The molecule has 15 heavy (non-hydrogen) atoms. The van der Waals surface area contributed by atoms with Crippen molar-refractivity contribution >= 4 is 15.9 Å². The molecule has 2 nitrogen and oxygen atoms in total. The van der Waals surface area contributed by atoms with Crippen LogP contribution in [0.25, 0.3) is 0 Å². The van der Waals surface area contributed by atoms with E-state index in [1.807, 2.05) is 18.2 Å². The molecular weight excluding hydrogens is 256 g/mol. The molecule has 0 fully saturated rings. The first kappa shape index (κ1) is 12.4. The molecule has 0 aliphatic heterocycles. The van der Waals surface area contributed by atoms with Crippen LogP contribution in [0.5, 0.6) is 11.5 Å². The number of benzene rings is 1. The second kappa shape index (κ2) is 6.01. The van der Waals surface area contributed by atoms with Gasteiger partial charge in [0, 0.05) is 4.47 Å². The third kappa shape index (κ3) is 4.12. The van der Waals surface area contributed by atoms with Gasteiger partial charge in [-0.05, 0) is 30.5 Å². The SMILES string of the molecule is COc1ccc(Br)cc1OCCC(C)C. The molecule has 0 saturated heterocycles. The van der Waals surface area contributed by atoms with Gasteiger partial charge in [-0.25, -0.2) is 0 Å². The summed E-state index contributed by atoms with van der Waals surface area (Å²) in [7, 11) is 1.65. The predicted molar refractivity (Wildman–Crippen MR) is 65.6 cm³/mol. The highest BCUT2D eigenvalue weighted by molar-refractivity contribution is 9.10. The highest BCUT2D eigenvalue weighted by Gasteiger charge is 2.04. The Morgan fingerprint density at radius 1 is 1.27 bits per heavy atom. The summed E-state index contributed by atoms with van der Waals surface area (Å²) in [4.78, 5) is 0. The van der Waals surface area contributed by atoms with E-state index in [1.54, 1.807) is 7.11 Å². The van der Waals surface area contributed by atoms with Crippen LogP contribution in [0.3, 0.4) is 0 Å². The summed E-state index contributed by atoms with van der Waals surface area (Å²) in [5.74, 6) is 2.23. The van der Waals surface area contributed by atoms with Crippen molar-refractivity contribution in [3.63, 3.8) is 0 Å². The molecule has 0 N–H and O–H groups in total. The number of ether oxygens (including phenoxy) is 2. The smallest absolute Gasteiger partial charge is 0.162 e. The van der Waals surface area contributed by atoms with Gasteiger partial charge in [0.2, 0.25) is 0 Å². The minimum Gasteiger partial charge on any atom is -0.493 e. The number of rotatable bonds is 5. The van der Waals surface area contributed by atoms with Crippen LogP contribution in [-0.2, 0) is 0 Å². The first-order valence-electron chi connectivity index (χ1n) is 5.10. The van der Waals surface area contributed by atoms with Crippen LogP contribution >= 0.6 is 15.9 Å². The monoisotopic (exact) mass is 272 g/mol. The third-order valence-electron chi connectivity index (χ3n) is 2.08. The lowest BCUT2D eigenvalue weighted by Crippen LogP contribution is -2.02. The van der Waals surface area contributed by atoms with Gasteiger partial charge in [-0.2, -0.15) is 0 Å². The van der Waals surface area contributed by atoms with Crippen LogP contribution in [0.4, 0.5) is 0 Å². The van der Waals surface area contributed by atoms with Crippen LogP contribution in [0, 0.1) is 5.92 Å². The Morgan fingerprint density at radius 2 is 2.00 bits per heavy atom. The average Bonchev–Trinajstić information content (AvgIpc) is 2.17. The van der Waals surface area contributed by atoms with Gasteiger partial charge in [-0.15, -0.1) is 0 Å². The Balaban J connectivity index is 2.62. The molecule has 1 rings (SSSR count). The van der Waals surface area contributed by atoms with Crippen LogP contribution in [-0.4, -0.2) is 13.7 Å². The van der Waals surface area contributed by atoms with Gasteiger partial charge in [0.1, 0.15) is 0 Å². The van der Waals surface area contributed by atoms with E-state index in [2.05, 4.69) is 29.8 Å². The van der Waals surface area contributed by atoms with E-state index in [1.165, 1.54) is 0 Å². The van der Waals surface area contributed by atoms with E-state index in [-0.39, 0.29) is 0 Å². The van der Waals surface area contributed by atoms with Crippen molar-refractivity contribution in [2.24, 2.45) is 5.92 Å². The van der Waals surface area contributed by atoms with Gasteiger partial charge >= 0.3 is 0 Å². The van der Waals surface area contributed by atoms with E-state index in [4.69, 9.17) is 9.47 Å².